The maximum Gasteiger partial charge on any atom is 0.191 e. The highest BCUT2D eigenvalue weighted by atomic mass is 127. The third-order valence-corrected chi connectivity index (χ3v) is 3.60. The lowest BCUT2D eigenvalue weighted by Crippen LogP contribution is -2.40. The molecule has 0 radical (unpaired) electrons. The first-order valence-electron chi connectivity index (χ1n) is 6.43. The van der Waals surface area contributed by atoms with Crippen LogP contribution in [0.25, 0.3) is 0 Å². The maximum absolute atomic E-state index is 5.61. The second-order valence-corrected chi connectivity index (χ2v) is 5.32. The van der Waals surface area contributed by atoms with Crippen molar-refractivity contribution >= 4 is 45.9 Å². The predicted molar refractivity (Wildman–Crippen MR) is 92.3 cm³/mol. The molecule has 0 aliphatic carbocycles. The van der Waals surface area contributed by atoms with E-state index in [1.165, 1.54) is 0 Å². The summed E-state index contributed by atoms with van der Waals surface area (Å²) in [5, 5.41) is 6.53. The molecule has 2 aliphatic rings. The molecule has 1 aromatic rings. The summed E-state index contributed by atoms with van der Waals surface area (Å²) in [5.41, 5.74) is 1.13. The first kappa shape index (κ1) is 15.7. The maximum atomic E-state index is 5.61. The molecule has 3 rings (SSSR count). The lowest BCUT2D eigenvalue weighted by atomic mass is 10.2. The largest absolute Gasteiger partial charge is 0.486 e. The van der Waals surface area contributed by atoms with Gasteiger partial charge in [0.2, 0.25) is 0 Å². The number of nitrogens with zero attached hydrogens (tertiary/aromatic N) is 1. The average molecular weight is 454 g/mol. The summed E-state index contributed by atoms with van der Waals surface area (Å²) in [6.07, 6.45) is 1.10. The van der Waals surface area contributed by atoms with Crippen LogP contribution in [0.4, 0.5) is 0 Å². The van der Waals surface area contributed by atoms with Crippen molar-refractivity contribution in [3.05, 3.63) is 22.2 Å². The highest BCUT2D eigenvalue weighted by Gasteiger charge is 2.16. The summed E-state index contributed by atoms with van der Waals surface area (Å²) in [7, 11) is 0. The average Bonchev–Trinajstić information content (AvgIpc) is 2.46. The minimum absolute atomic E-state index is 0. The van der Waals surface area contributed by atoms with Gasteiger partial charge in [0.15, 0.2) is 17.5 Å². The van der Waals surface area contributed by atoms with Crippen molar-refractivity contribution in [3.63, 3.8) is 0 Å². The van der Waals surface area contributed by atoms with E-state index >= 15 is 0 Å². The lowest BCUT2D eigenvalue weighted by Gasteiger charge is -2.21. The number of hydrogen-bond donors (Lipinski definition) is 2. The molecule has 0 spiro atoms. The monoisotopic (exact) mass is 453 g/mol. The number of nitrogens with one attached hydrogen (secondary N) is 2. The van der Waals surface area contributed by atoms with Crippen LogP contribution in [-0.4, -0.2) is 32.3 Å². The fourth-order valence-corrected chi connectivity index (χ4v) is 2.71. The number of guanidine groups is 1. The third-order valence-electron chi connectivity index (χ3n) is 3.01. The second-order valence-electron chi connectivity index (χ2n) is 4.47. The molecule has 0 aromatic heterocycles. The zero-order chi connectivity index (χ0) is 13.1. The number of rotatable bonds is 2. The molecule has 7 heteroatoms. The van der Waals surface area contributed by atoms with E-state index in [0.29, 0.717) is 19.8 Å². The molecule has 0 bridgehead atoms. The van der Waals surface area contributed by atoms with Gasteiger partial charge < -0.3 is 20.1 Å². The van der Waals surface area contributed by atoms with Crippen LogP contribution >= 0.6 is 39.9 Å². The molecular formula is C13H17BrIN3O2. The van der Waals surface area contributed by atoms with Crippen LogP contribution < -0.4 is 20.1 Å². The Bertz CT molecular complexity index is 511. The molecule has 0 amide bonds. The molecule has 0 atom stereocenters. The molecule has 2 aliphatic heterocycles. The van der Waals surface area contributed by atoms with E-state index in [1.807, 2.05) is 12.1 Å². The van der Waals surface area contributed by atoms with Crippen molar-refractivity contribution in [1.82, 2.24) is 10.6 Å². The number of hydrogen-bond acceptors (Lipinski definition) is 5. The van der Waals surface area contributed by atoms with Gasteiger partial charge >= 0.3 is 0 Å². The van der Waals surface area contributed by atoms with Crippen LogP contribution in [0.1, 0.15) is 12.0 Å². The zero-order valence-corrected chi connectivity index (χ0v) is 14.9. The molecule has 2 N–H and O–H groups in total. The van der Waals surface area contributed by atoms with Gasteiger partial charge in [-0.05, 0) is 40.0 Å². The van der Waals surface area contributed by atoms with Gasteiger partial charge in [-0.3, -0.25) is 4.99 Å². The van der Waals surface area contributed by atoms with Crippen molar-refractivity contribution in [2.75, 3.05) is 26.3 Å². The van der Waals surface area contributed by atoms with E-state index in [4.69, 9.17) is 9.47 Å². The molecule has 20 heavy (non-hydrogen) atoms. The Morgan fingerprint density at radius 1 is 1.30 bits per heavy atom. The Labute approximate surface area is 143 Å². The van der Waals surface area contributed by atoms with Gasteiger partial charge in [-0.1, -0.05) is 0 Å². The highest BCUT2D eigenvalue weighted by Crippen LogP contribution is 2.38. The predicted octanol–water partition coefficient (Wildman–Crippen LogP) is 2.28. The Balaban J connectivity index is 0.00000147. The van der Waals surface area contributed by atoms with Crippen molar-refractivity contribution in [3.8, 4) is 11.5 Å². The molecule has 2 heterocycles. The molecule has 5 nitrogen and oxygen atoms in total. The molecule has 0 saturated heterocycles. The zero-order valence-electron chi connectivity index (χ0n) is 10.9. The number of ether oxygens (including phenoxy) is 2. The number of fused-ring (bicyclic) bond motifs is 1. The third kappa shape index (κ3) is 3.69. The van der Waals surface area contributed by atoms with E-state index in [0.717, 1.165) is 47.0 Å². The quantitative estimate of drug-likeness (QED) is 0.674. The number of halogens is 2. The van der Waals surface area contributed by atoms with Gasteiger partial charge in [0.1, 0.15) is 13.2 Å². The van der Waals surface area contributed by atoms with Crippen molar-refractivity contribution in [1.29, 1.82) is 0 Å². The first-order chi connectivity index (χ1) is 9.33. The van der Waals surface area contributed by atoms with Gasteiger partial charge in [-0.25, -0.2) is 0 Å². The molecule has 0 unspecified atom stereocenters. The smallest absolute Gasteiger partial charge is 0.191 e. The SMILES string of the molecule is Brc1cc(CNC2=NCCCN2)cc2c1OCCO2.I. The van der Waals surface area contributed by atoms with Crippen LogP contribution in [0.15, 0.2) is 21.6 Å². The summed E-state index contributed by atoms with van der Waals surface area (Å²) >= 11 is 3.52. The van der Waals surface area contributed by atoms with E-state index in [9.17, 15) is 0 Å². The van der Waals surface area contributed by atoms with Gasteiger partial charge in [0.05, 0.1) is 4.47 Å². The van der Waals surface area contributed by atoms with Crippen LogP contribution in [0.2, 0.25) is 0 Å². The minimum atomic E-state index is 0. The van der Waals surface area contributed by atoms with E-state index < -0.39 is 0 Å². The standard InChI is InChI=1S/C13H16BrN3O2.HI/c14-10-6-9(7-11-12(10)19-5-4-18-11)8-17-13-15-2-1-3-16-13;/h6-7H,1-5,8H2,(H2,15,16,17);1H. The Morgan fingerprint density at radius 2 is 2.15 bits per heavy atom. The molecule has 110 valence electrons. The second kappa shape index (κ2) is 7.35. The first-order valence-corrected chi connectivity index (χ1v) is 7.22. The van der Waals surface area contributed by atoms with Crippen molar-refractivity contribution in [2.45, 2.75) is 13.0 Å². The summed E-state index contributed by atoms with van der Waals surface area (Å²) < 4.78 is 12.1. The van der Waals surface area contributed by atoms with Gasteiger partial charge in [-0.15, -0.1) is 24.0 Å². The van der Waals surface area contributed by atoms with Crippen LogP contribution in [0.5, 0.6) is 11.5 Å². The van der Waals surface area contributed by atoms with E-state index in [2.05, 4.69) is 31.6 Å². The molecule has 0 saturated carbocycles. The topological polar surface area (TPSA) is 54.9 Å². The van der Waals surface area contributed by atoms with Crippen LogP contribution in [-0.2, 0) is 6.54 Å². The van der Waals surface area contributed by atoms with E-state index in [-0.39, 0.29) is 24.0 Å². The molecule has 1 aromatic carbocycles. The van der Waals surface area contributed by atoms with Crippen molar-refractivity contribution in [2.24, 2.45) is 4.99 Å². The van der Waals surface area contributed by atoms with E-state index in [1.54, 1.807) is 0 Å². The highest BCUT2D eigenvalue weighted by molar-refractivity contribution is 14.0. The van der Waals surface area contributed by atoms with Gasteiger partial charge in [-0.2, -0.15) is 0 Å². The number of benzene rings is 1. The molecular weight excluding hydrogens is 437 g/mol. The van der Waals surface area contributed by atoms with Crippen LogP contribution in [0, 0.1) is 0 Å². The number of aliphatic imine (C=N–C) groups is 1. The molecule has 0 fully saturated rings. The van der Waals surface area contributed by atoms with Crippen LogP contribution in [0.3, 0.4) is 0 Å². The summed E-state index contributed by atoms with van der Waals surface area (Å²) in [4.78, 5) is 4.38. The van der Waals surface area contributed by atoms with Crippen molar-refractivity contribution < 1.29 is 9.47 Å². The Morgan fingerprint density at radius 3 is 2.95 bits per heavy atom. The minimum Gasteiger partial charge on any atom is -0.486 e. The van der Waals surface area contributed by atoms with Gasteiger partial charge in [0, 0.05) is 19.6 Å². The summed E-state index contributed by atoms with van der Waals surface area (Å²) in [6.45, 7) is 3.78. The normalized spacial score (nSPS) is 16.6. The summed E-state index contributed by atoms with van der Waals surface area (Å²) in [6, 6.07) is 4.06. The Kier molecular flexibility index (Phi) is 5.76. The Hall–Kier alpha value is -0.700. The van der Waals surface area contributed by atoms with Gasteiger partial charge in [0.25, 0.3) is 0 Å². The lowest BCUT2D eigenvalue weighted by molar-refractivity contribution is 0.170. The fraction of sp³-hybridized carbons (Fsp3) is 0.462. The fourth-order valence-electron chi connectivity index (χ4n) is 2.10. The summed E-state index contributed by atoms with van der Waals surface area (Å²) in [5.74, 6) is 2.47.